The van der Waals surface area contributed by atoms with Gasteiger partial charge in [-0.15, -0.1) is 11.3 Å². The summed E-state index contributed by atoms with van der Waals surface area (Å²) in [5, 5.41) is 7.59. The van der Waals surface area contributed by atoms with Crippen LogP contribution in [0.2, 0.25) is 0 Å². The standard InChI is InChI=1S/C22H19N3O4S2/c1-3-29-22(27)19-9-17(13-30-19)31-16-5-6-18-15(8-16)11-24-25(21(18)26)12-14-4-7-20(28-2)23-10-14/h4-11,13H,3,12H2,1-2H3. The molecule has 0 aliphatic heterocycles. The lowest BCUT2D eigenvalue weighted by Gasteiger charge is -2.07. The maximum absolute atomic E-state index is 12.9. The molecule has 3 aromatic heterocycles. The summed E-state index contributed by atoms with van der Waals surface area (Å²) in [6.45, 7) is 2.46. The zero-order valence-electron chi connectivity index (χ0n) is 16.9. The Balaban J connectivity index is 1.54. The molecular formula is C22H19N3O4S2. The third kappa shape index (κ3) is 4.78. The van der Waals surface area contributed by atoms with Crippen molar-refractivity contribution in [3.8, 4) is 5.88 Å². The number of carbonyl (C=O) groups is 1. The third-order valence-corrected chi connectivity index (χ3v) is 6.47. The Bertz CT molecular complexity index is 1280. The fourth-order valence-electron chi connectivity index (χ4n) is 2.96. The molecule has 0 bridgehead atoms. The number of aromatic nitrogens is 3. The number of methoxy groups -OCH3 is 1. The van der Waals surface area contributed by atoms with Gasteiger partial charge < -0.3 is 9.47 Å². The zero-order chi connectivity index (χ0) is 21.8. The second-order valence-electron chi connectivity index (χ2n) is 6.53. The van der Waals surface area contributed by atoms with E-state index in [-0.39, 0.29) is 11.5 Å². The predicted molar refractivity (Wildman–Crippen MR) is 120 cm³/mol. The van der Waals surface area contributed by atoms with Gasteiger partial charge >= 0.3 is 5.97 Å². The van der Waals surface area contributed by atoms with Gasteiger partial charge in [0.1, 0.15) is 4.88 Å². The van der Waals surface area contributed by atoms with Crippen molar-refractivity contribution in [2.24, 2.45) is 0 Å². The lowest BCUT2D eigenvalue weighted by atomic mass is 10.2. The minimum Gasteiger partial charge on any atom is -0.481 e. The van der Waals surface area contributed by atoms with E-state index < -0.39 is 0 Å². The molecule has 0 N–H and O–H groups in total. The molecule has 4 aromatic rings. The van der Waals surface area contributed by atoms with Crippen molar-refractivity contribution in [1.82, 2.24) is 14.8 Å². The highest BCUT2D eigenvalue weighted by atomic mass is 32.2. The monoisotopic (exact) mass is 453 g/mol. The smallest absolute Gasteiger partial charge is 0.348 e. The van der Waals surface area contributed by atoms with Crippen LogP contribution in [0.25, 0.3) is 10.8 Å². The summed E-state index contributed by atoms with van der Waals surface area (Å²) in [6, 6.07) is 11.1. The van der Waals surface area contributed by atoms with Crippen molar-refractivity contribution >= 4 is 39.8 Å². The van der Waals surface area contributed by atoms with E-state index in [4.69, 9.17) is 9.47 Å². The topological polar surface area (TPSA) is 83.3 Å². The van der Waals surface area contributed by atoms with Gasteiger partial charge in [-0.2, -0.15) is 5.10 Å². The first-order chi connectivity index (χ1) is 15.1. The number of thiophene rings is 1. The van der Waals surface area contributed by atoms with Crippen LogP contribution in [-0.2, 0) is 11.3 Å². The van der Waals surface area contributed by atoms with Crippen molar-refractivity contribution in [2.45, 2.75) is 23.3 Å². The molecule has 0 amide bonds. The van der Waals surface area contributed by atoms with Crippen LogP contribution in [0.5, 0.6) is 5.88 Å². The predicted octanol–water partition coefficient (Wildman–Crippen LogP) is 4.24. The molecule has 1 aromatic carbocycles. The molecule has 0 saturated heterocycles. The van der Waals surface area contributed by atoms with Crippen LogP contribution in [0.15, 0.2) is 68.8 Å². The normalized spacial score (nSPS) is 10.9. The van der Waals surface area contributed by atoms with Crippen LogP contribution in [0, 0.1) is 0 Å². The molecule has 0 unspecified atom stereocenters. The lowest BCUT2D eigenvalue weighted by Crippen LogP contribution is -2.23. The van der Waals surface area contributed by atoms with Crippen molar-refractivity contribution in [3.05, 3.63) is 75.0 Å². The molecule has 0 aliphatic rings. The molecule has 7 nitrogen and oxygen atoms in total. The van der Waals surface area contributed by atoms with Gasteiger partial charge in [-0.05, 0) is 36.8 Å². The summed E-state index contributed by atoms with van der Waals surface area (Å²) in [4.78, 5) is 31.3. The quantitative estimate of drug-likeness (QED) is 0.387. The fourth-order valence-corrected chi connectivity index (χ4v) is 4.80. The van der Waals surface area contributed by atoms with Gasteiger partial charge in [0.2, 0.25) is 5.88 Å². The van der Waals surface area contributed by atoms with Gasteiger partial charge in [0.05, 0.1) is 31.8 Å². The zero-order valence-corrected chi connectivity index (χ0v) is 18.5. The van der Waals surface area contributed by atoms with E-state index >= 15 is 0 Å². The first kappa shape index (κ1) is 21.1. The van der Waals surface area contributed by atoms with E-state index in [1.807, 2.05) is 35.7 Å². The van der Waals surface area contributed by atoms with Crippen LogP contribution in [0.1, 0.15) is 22.2 Å². The SMILES string of the molecule is CCOC(=O)c1cc(Sc2ccc3c(=O)n(Cc4ccc(OC)nc4)ncc3c2)cs1. The summed E-state index contributed by atoms with van der Waals surface area (Å²) in [6.07, 6.45) is 3.36. The second-order valence-corrected chi connectivity index (χ2v) is 8.59. The average Bonchev–Trinajstić information content (AvgIpc) is 3.25. The molecule has 0 radical (unpaired) electrons. The van der Waals surface area contributed by atoms with Crippen molar-refractivity contribution in [3.63, 3.8) is 0 Å². The number of carbonyl (C=O) groups excluding carboxylic acids is 1. The summed E-state index contributed by atoms with van der Waals surface area (Å²) >= 11 is 2.87. The highest BCUT2D eigenvalue weighted by Crippen LogP contribution is 2.32. The molecule has 3 heterocycles. The minimum absolute atomic E-state index is 0.162. The van der Waals surface area contributed by atoms with Gasteiger partial charge in [0.25, 0.3) is 5.56 Å². The molecule has 4 rings (SSSR count). The molecule has 0 spiro atoms. The Morgan fingerprint density at radius 1 is 1.16 bits per heavy atom. The Morgan fingerprint density at radius 3 is 2.77 bits per heavy atom. The van der Waals surface area contributed by atoms with Gasteiger partial charge in [-0.3, -0.25) is 4.79 Å². The van der Waals surface area contributed by atoms with E-state index in [2.05, 4.69) is 10.1 Å². The number of benzene rings is 1. The van der Waals surface area contributed by atoms with E-state index in [0.29, 0.717) is 29.3 Å². The van der Waals surface area contributed by atoms with Crippen LogP contribution >= 0.6 is 23.1 Å². The average molecular weight is 454 g/mol. The number of hydrogen-bond acceptors (Lipinski definition) is 8. The first-order valence-electron chi connectivity index (χ1n) is 9.49. The van der Waals surface area contributed by atoms with E-state index in [0.717, 1.165) is 20.7 Å². The number of hydrogen-bond donors (Lipinski definition) is 0. The van der Waals surface area contributed by atoms with Crippen LogP contribution < -0.4 is 10.3 Å². The Labute approximate surface area is 186 Å². The number of ether oxygens (including phenoxy) is 2. The Morgan fingerprint density at radius 2 is 2.03 bits per heavy atom. The van der Waals surface area contributed by atoms with Gasteiger partial charge in [-0.1, -0.05) is 17.8 Å². The Hall–Kier alpha value is -3.17. The number of esters is 1. The molecule has 0 saturated carbocycles. The van der Waals surface area contributed by atoms with E-state index in [9.17, 15) is 9.59 Å². The largest absolute Gasteiger partial charge is 0.481 e. The van der Waals surface area contributed by atoms with Crippen LogP contribution in [0.4, 0.5) is 0 Å². The molecule has 158 valence electrons. The van der Waals surface area contributed by atoms with Crippen molar-refractivity contribution in [2.75, 3.05) is 13.7 Å². The summed E-state index contributed by atoms with van der Waals surface area (Å²) < 4.78 is 11.5. The summed E-state index contributed by atoms with van der Waals surface area (Å²) in [5.74, 6) is 0.210. The number of pyridine rings is 1. The maximum atomic E-state index is 12.9. The van der Waals surface area contributed by atoms with Crippen molar-refractivity contribution in [1.29, 1.82) is 0 Å². The van der Waals surface area contributed by atoms with Crippen LogP contribution in [-0.4, -0.2) is 34.5 Å². The first-order valence-corrected chi connectivity index (χ1v) is 11.2. The van der Waals surface area contributed by atoms with Gasteiger partial charge in [0.15, 0.2) is 0 Å². The molecule has 0 aliphatic carbocycles. The second kappa shape index (κ2) is 9.32. The number of rotatable bonds is 7. The van der Waals surface area contributed by atoms with Crippen molar-refractivity contribution < 1.29 is 14.3 Å². The summed E-state index contributed by atoms with van der Waals surface area (Å²) in [7, 11) is 1.56. The highest BCUT2D eigenvalue weighted by Gasteiger charge is 2.12. The molecule has 0 fully saturated rings. The molecule has 9 heteroatoms. The third-order valence-electron chi connectivity index (χ3n) is 4.45. The van der Waals surface area contributed by atoms with Gasteiger partial charge in [-0.25, -0.2) is 14.5 Å². The fraction of sp³-hybridized carbons (Fsp3) is 0.182. The molecular weight excluding hydrogens is 434 g/mol. The summed E-state index contributed by atoms with van der Waals surface area (Å²) in [5.41, 5.74) is 0.696. The van der Waals surface area contributed by atoms with E-state index in [1.165, 1.54) is 27.8 Å². The number of nitrogens with zero attached hydrogens (tertiary/aromatic N) is 3. The highest BCUT2D eigenvalue weighted by molar-refractivity contribution is 7.99. The van der Waals surface area contributed by atoms with Crippen LogP contribution in [0.3, 0.4) is 0 Å². The lowest BCUT2D eigenvalue weighted by molar-refractivity contribution is 0.0532. The van der Waals surface area contributed by atoms with Gasteiger partial charge in [0, 0.05) is 32.8 Å². The molecule has 31 heavy (non-hydrogen) atoms. The van der Waals surface area contributed by atoms with E-state index in [1.54, 1.807) is 32.5 Å². The number of fused-ring (bicyclic) bond motifs is 1. The Kier molecular flexibility index (Phi) is 6.34. The molecule has 0 atom stereocenters. The maximum Gasteiger partial charge on any atom is 0.348 e. The minimum atomic E-state index is -0.310.